The van der Waals surface area contributed by atoms with Gasteiger partial charge < -0.3 is 5.32 Å². The van der Waals surface area contributed by atoms with Crippen molar-refractivity contribution in [2.24, 2.45) is 4.99 Å². The molecule has 16 heavy (non-hydrogen) atoms. The second-order valence-corrected chi connectivity index (χ2v) is 6.71. The maximum Gasteiger partial charge on any atom is 0.157 e. The van der Waals surface area contributed by atoms with E-state index in [-0.39, 0.29) is 0 Å². The van der Waals surface area contributed by atoms with Gasteiger partial charge in [-0.05, 0) is 26.2 Å². The molecular weight excluding hydrogens is 216 g/mol. The van der Waals surface area contributed by atoms with Gasteiger partial charge in [-0.3, -0.25) is 4.99 Å². The molecule has 1 aliphatic heterocycles. The lowest BCUT2D eigenvalue weighted by atomic mass is 9.83. The largest absolute Gasteiger partial charge is 0.360 e. The van der Waals surface area contributed by atoms with E-state index >= 15 is 0 Å². The molecule has 2 nitrogen and oxygen atoms in total. The van der Waals surface area contributed by atoms with Gasteiger partial charge in [0.15, 0.2) is 5.17 Å². The highest BCUT2D eigenvalue weighted by Crippen LogP contribution is 2.31. The molecule has 0 aromatic heterocycles. The van der Waals surface area contributed by atoms with Crippen molar-refractivity contribution in [2.45, 2.75) is 69.6 Å². The van der Waals surface area contributed by atoms with Gasteiger partial charge in [0.2, 0.25) is 0 Å². The van der Waals surface area contributed by atoms with Crippen LogP contribution in [0.25, 0.3) is 0 Å². The number of aliphatic imine (C=N–C) groups is 1. The van der Waals surface area contributed by atoms with Crippen LogP contribution in [0, 0.1) is 0 Å². The second kappa shape index (κ2) is 5.44. The highest BCUT2D eigenvalue weighted by atomic mass is 32.2. The minimum absolute atomic E-state index is 0.325. The maximum atomic E-state index is 4.64. The first kappa shape index (κ1) is 12.3. The highest BCUT2D eigenvalue weighted by molar-refractivity contribution is 8.14. The summed E-state index contributed by atoms with van der Waals surface area (Å²) in [6, 6.07) is 0. The number of hydrogen-bond acceptors (Lipinski definition) is 3. The molecule has 1 aliphatic carbocycles. The Morgan fingerprint density at radius 3 is 2.81 bits per heavy atom. The van der Waals surface area contributed by atoms with E-state index in [9.17, 15) is 0 Å². The van der Waals surface area contributed by atoms with Crippen LogP contribution in [0.5, 0.6) is 0 Å². The lowest BCUT2D eigenvalue weighted by Gasteiger charge is -2.35. The van der Waals surface area contributed by atoms with Crippen molar-refractivity contribution in [1.29, 1.82) is 0 Å². The quantitative estimate of drug-likeness (QED) is 0.815. The van der Waals surface area contributed by atoms with Crippen LogP contribution in [0.3, 0.4) is 0 Å². The van der Waals surface area contributed by atoms with Gasteiger partial charge in [0.25, 0.3) is 0 Å². The average Bonchev–Trinajstić information content (AvgIpc) is 2.66. The molecule has 1 fully saturated rings. The molecule has 1 saturated carbocycles. The lowest BCUT2D eigenvalue weighted by Crippen LogP contribution is -2.46. The Balaban J connectivity index is 1.81. The molecule has 0 aromatic carbocycles. The van der Waals surface area contributed by atoms with Crippen LogP contribution in [0.15, 0.2) is 4.99 Å². The molecule has 0 amide bonds. The molecule has 0 saturated heterocycles. The van der Waals surface area contributed by atoms with Gasteiger partial charge in [-0.25, -0.2) is 0 Å². The van der Waals surface area contributed by atoms with Gasteiger partial charge in [0.05, 0.1) is 6.54 Å². The summed E-state index contributed by atoms with van der Waals surface area (Å²) in [6.45, 7) is 5.65. The summed E-state index contributed by atoms with van der Waals surface area (Å²) in [5.74, 6) is 0. The van der Waals surface area contributed by atoms with Crippen molar-refractivity contribution >= 4 is 16.9 Å². The van der Waals surface area contributed by atoms with Gasteiger partial charge in [0.1, 0.15) is 0 Å². The number of amidine groups is 1. The van der Waals surface area contributed by atoms with Gasteiger partial charge in [-0.1, -0.05) is 44.4 Å². The summed E-state index contributed by atoms with van der Waals surface area (Å²) in [4.78, 5) is 4.64. The highest BCUT2D eigenvalue weighted by Gasteiger charge is 2.30. The Kier molecular flexibility index (Phi) is 4.17. The van der Waals surface area contributed by atoms with Gasteiger partial charge in [0, 0.05) is 10.8 Å². The predicted octanol–water partition coefficient (Wildman–Crippen LogP) is 3.57. The van der Waals surface area contributed by atoms with Gasteiger partial charge in [-0.2, -0.15) is 0 Å². The summed E-state index contributed by atoms with van der Waals surface area (Å²) in [5, 5.41) is 5.64. The Morgan fingerprint density at radius 2 is 2.12 bits per heavy atom. The molecule has 3 heteroatoms. The molecule has 1 heterocycles. The van der Waals surface area contributed by atoms with Crippen molar-refractivity contribution in [3.8, 4) is 0 Å². The average molecular weight is 240 g/mol. The zero-order valence-corrected chi connectivity index (χ0v) is 11.4. The van der Waals surface area contributed by atoms with Crippen molar-refractivity contribution < 1.29 is 0 Å². The van der Waals surface area contributed by atoms with Crippen molar-refractivity contribution in [2.75, 3.05) is 6.54 Å². The zero-order valence-electron chi connectivity index (χ0n) is 10.6. The van der Waals surface area contributed by atoms with Crippen LogP contribution in [0.2, 0.25) is 0 Å². The summed E-state index contributed by atoms with van der Waals surface area (Å²) >= 11 is 1.97. The molecular formula is C13H24N2S. The van der Waals surface area contributed by atoms with E-state index in [2.05, 4.69) is 24.2 Å². The summed E-state index contributed by atoms with van der Waals surface area (Å²) in [6.07, 6.45) is 9.36. The molecule has 1 unspecified atom stereocenters. The van der Waals surface area contributed by atoms with Crippen LogP contribution in [-0.2, 0) is 0 Å². The summed E-state index contributed by atoms with van der Waals surface area (Å²) < 4.78 is 0. The van der Waals surface area contributed by atoms with E-state index in [1.54, 1.807) is 0 Å². The first-order valence-electron chi connectivity index (χ1n) is 6.71. The first-order valence-corrected chi connectivity index (χ1v) is 7.59. The SMILES string of the molecule is CCCC1CN=C(NC2(C)CCCCC2)S1. The van der Waals surface area contributed by atoms with Crippen LogP contribution in [0.4, 0.5) is 0 Å². The number of nitrogens with zero attached hydrogens (tertiary/aromatic N) is 1. The number of rotatable bonds is 3. The van der Waals surface area contributed by atoms with Crippen LogP contribution < -0.4 is 5.32 Å². The normalized spacial score (nSPS) is 28.9. The van der Waals surface area contributed by atoms with Crippen LogP contribution in [0.1, 0.15) is 58.8 Å². The zero-order chi connectivity index (χ0) is 11.4. The molecule has 2 rings (SSSR count). The van der Waals surface area contributed by atoms with Crippen LogP contribution >= 0.6 is 11.8 Å². The Hall–Kier alpha value is -0.180. The first-order chi connectivity index (χ1) is 7.72. The third-order valence-corrected chi connectivity index (χ3v) is 4.87. The number of hydrogen-bond donors (Lipinski definition) is 1. The van der Waals surface area contributed by atoms with E-state index < -0.39 is 0 Å². The third-order valence-electron chi connectivity index (χ3n) is 3.69. The number of thioether (sulfide) groups is 1. The number of nitrogens with one attached hydrogen (secondary N) is 1. The Labute approximate surface area is 104 Å². The monoisotopic (exact) mass is 240 g/mol. The predicted molar refractivity (Wildman–Crippen MR) is 73.2 cm³/mol. The second-order valence-electron chi connectivity index (χ2n) is 5.42. The minimum atomic E-state index is 0.325. The molecule has 1 atom stereocenters. The lowest BCUT2D eigenvalue weighted by molar-refractivity contribution is 0.292. The molecule has 0 aromatic rings. The molecule has 92 valence electrons. The smallest absolute Gasteiger partial charge is 0.157 e. The topological polar surface area (TPSA) is 24.4 Å². The van der Waals surface area contributed by atoms with Gasteiger partial charge >= 0.3 is 0 Å². The van der Waals surface area contributed by atoms with Crippen molar-refractivity contribution in [3.63, 3.8) is 0 Å². The summed E-state index contributed by atoms with van der Waals surface area (Å²) in [7, 11) is 0. The van der Waals surface area contributed by atoms with E-state index in [1.807, 2.05) is 11.8 Å². The fourth-order valence-electron chi connectivity index (χ4n) is 2.67. The summed E-state index contributed by atoms with van der Waals surface area (Å²) in [5.41, 5.74) is 0.325. The van der Waals surface area contributed by atoms with E-state index in [0.29, 0.717) is 5.54 Å². The molecule has 1 N–H and O–H groups in total. The molecule has 0 bridgehead atoms. The molecule has 0 spiro atoms. The Bertz CT molecular complexity index is 257. The molecule has 2 aliphatic rings. The van der Waals surface area contributed by atoms with Gasteiger partial charge in [-0.15, -0.1) is 0 Å². The van der Waals surface area contributed by atoms with Crippen LogP contribution in [-0.4, -0.2) is 22.5 Å². The van der Waals surface area contributed by atoms with Crippen molar-refractivity contribution in [3.05, 3.63) is 0 Å². The minimum Gasteiger partial charge on any atom is -0.360 e. The Morgan fingerprint density at radius 1 is 1.38 bits per heavy atom. The van der Waals surface area contributed by atoms with E-state index in [1.165, 1.54) is 50.1 Å². The molecule has 0 radical (unpaired) electrons. The fraction of sp³-hybridized carbons (Fsp3) is 0.923. The standard InChI is InChI=1S/C13H24N2S/c1-3-7-11-10-14-12(16-11)15-13(2)8-5-4-6-9-13/h11H,3-10H2,1-2H3,(H,14,15). The third kappa shape index (κ3) is 3.16. The van der Waals surface area contributed by atoms with E-state index in [4.69, 9.17) is 0 Å². The maximum absolute atomic E-state index is 4.64. The van der Waals surface area contributed by atoms with Crippen molar-refractivity contribution in [1.82, 2.24) is 5.32 Å². The fourth-order valence-corrected chi connectivity index (χ4v) is 3.95. The van der Waals surface area contributed by atoms with E-state index in [0.717, 1.165) is 11.8 Å².